The molecule has 202 valence electrons. The maximum absolute atomic E-state index is 11.0. The molecule has 0 bridgehead atoms. The van der Waals surface area contributed by atoms with Gasteiger partial charge in [0.25, 0.3) is 0 Å². The SMILES string of the molecule is CCCCCCCCCCc1ccc2cc(-c3cc4ccc(C#Cc5ccccc5)cc4cc3O)c(O)cc2c1. The van der Waals surface area contributed by atoms with Gasteiger partial charge in [0.05, 0.1) is 0 Å². The van der Waals surface area contributed by atoms with E-state index in [0.29, 0.717) is 11.1 Å². The molecule has 0 fully saturated rings. The summed E-state index contributed by atoms with van der Waals surface area (Å²) in [4.78, 5) is 0. The fourth-order valence-electron chi connectivity index (χ4n) is 5.41. The van der Waals surface area contributed by atoms with E-state index in [0.717, 1.165) is 39.1 Å². The Morgan fingerprint density at radius 3 is 1.75 bits per heavy atom. The summed E-state index contributed by atoms with van der Waals surface area (Å²) in [6.07, 6.45) is 11.6. The second-order valence-electron chi connectivity index (χ2n) is 10.8. The number of aryl methyl sites for hydroxylation is 1. The quantitative estimate of drug-likeness (QED) is 0.140. The van der Waals surface area contributed by atoms with Crippen LogP contribution in [0.1, 0.15) is 75.0 Å². The van der Waals surface area contributed by atoms with Gasteiger partial charge in [0.15, 0.2) is 0 Å². The molecule has 0 heterocycles. The first-order chi connectivity index (χ1) is 19.6. The minimum atomic E-state index is 0.140. The Kier molecular flexibility index (Phi) is 9.04. The summed E-state index contributed by atoms with van der Waals surface area (Å²) in [5, 5.41) is 25.9. The van der Waals surface area contributed by atoms with E-state index < -0.39 is 0 Å². The predicted octanol–water partition coefficient (Wildman–Crippen LogP) is 10.2. The summed E-state index contributed by atoms with van der Waals surface area (Å²) < 4.78 is 0. The lowest BCUT2D eigenvalue weighted by Gasteiger charge is -2.12. The molecule has 0 atom stereocenters. The fourth-order valence-corrected chi connectivity index (χ4v) is 5.41. The van der Waals surface area contributed by atoms with Crippen molar-refractivity contribution in [2.24, 2.45) is 0 Å². The Hall–Kier alpha value is -4.22. The topological polar surface area (TPSA) is 40.5 Å². The molecule has 0 radical (unpaired) electrons. The minimum Gasteiger partial charge on any atom is -0.507 e. The van der Waals surface area contributed by atoms with E-state index >= 15 is 0 Å². The van der Waals surface area contributed by atoms with Crippen LogP contribution in [0.5, 0.6) is 11.5 Å². The van der Waals surface area contributed by atoms with Crippen molar-refractivity contribution in [3.8, 4) is 34.5 Å². The molecule has 0 amide bonds. The third kappa shape index (κ3) is 6.85. The molecule has 0 spiro atoms. The van der Waals surface area contributed by atoms with Gasteiger partial charge in [-0.15, -0.1) is 0 Å². The first-order valence-electron chi connectivity index (χ1n) is 14.7. The largest absolute Gasteiger partial charge is 0.507 e. The van der Waals surface area contributed by atoms with Crippen LogP contribution < -0.4 is 0 Å². The smallest absolute Gasteiger partial charge is 0.124 e. The first kappa shape index (κ1) is 27.4. The van der Waals surface area contributed by atoms with Gasteiger partial charge in [-0.05, 0) is 88.5 Å². The monoisotopic (exact) mass is 526 g/mol. The number of hydrogen-bond donors (Lipinski definition) is 2. The number of aromatic hydroxyl groups is 2. The van der Waals surface area contributed by atoms with Crippen molar-refractivity contribution < 1.29 is 10.2 Å². The van der Waals surface area contributed by atoms with Gasteiger partial charge < -0.3 is 10.2 Å². The Labute approximate surface area is 238 Å². The van der Waals surface area contributed by atoms with Crippen LogP contribution in [0.25, 0.3) is 32.7 Å². The molecule has 2 heteroatoms. The summed E-state index contributed by atoms with van der Waals surface area (Å²) in [6, 6.07) is 29.9. The molecule has 2 nitrogen and oxygen atoms in total. The first-order valence-corrected chi connectivity index (χ1v) is 14.7. The number of fused-ring (bicyclic) bond motifs is 2. The van der Waals surface area contributed by atoms with E-state index in [1.807, 2.05) is 66.7 Å². The molecule has 5 aromatic carbocycles. The fraction of sp³-hybridized carbons (Fsp3) is 0.263. The predicted molar refractivity (Wildman–Crippen MR) is 169 cm³/mol. The van der Waals surface area contributed by atoms with Crippen molar-refractivity contribution in [2.75, 3.05) is 0 Å². The van der Waals surface area contributed by atoms with Crippen LogP contribution in [0, 0.1) is 11.8 Å². The normalized spacial score (nSPS) is 11.0. The lowest BCUT2D eigenvalue weighted by Crippen LogP contribution is -1.88. The number of unbranched alkanes of at least 4 members (excludes halogenated alkanes) is 7. The number of benzene rings is 5. The van der Waals surface area contributed by atoms with E-state index in [-0.39, 0.29) is 11.5 Å². The van der Waals surface area contributed by atoms with Crippen molar-refractivity contribution in [2.45, 2.75) is 64.7 Å². The average molecular weight is 527 g/mol. The number of hydrogen-bond acceptors (Lipinski definition) is 2. The van der Waals surface area contributed by atoms with Crippen LogP contribution in [-0.2, 0) is 6.42 Å². The van der Waals surface area contributed by atoms with Crippen molar-refractivity contribution in [1.82, 2.24) is 0 Å². The summed E-state index contributed by atoms with van der Waals surface area (Å²) in [7, 11) is 0. The van der Waals surface area contributed by atoms with Crippen LogP contribution in [0.3, 0.4) is 0 Å². The number of phenolic OH excluding ortho intramolecular Hbond substituents is 2. The molecule has 5 aromatic rings. The second kappa shape index (κ2) is 13.2. The molecule has 0 aliphatic rings. The van der Waals surface area contributed by atoms with Gasteiger partial charge in [-0.25, -0.2) is 0 Å². The second-order valence-corrected chi connectivity index (χ2v) is 10.8. The summed E-state index contributed by atoms with van der Waals surface area (Å²) in [6.45, 7) is 2.26. The Bertz CT molecular complexity index is 1650. The zero-order valence-electron chi connectivity index (χ0n) is 23.4. The molecule has 0 aliphatic carbocycles. The van der Waals surface area contributed by atoms with E-state index in [1.165, 1.54) is 56.9 Å². The third-order valence-electron chi connectivity index (χ3n) is 7.71. The zero-order chi connectivity index (χ0) is 27.7. The molecule has 2 N–H and O–H groups in total. The Morgan fingerprint density at radius 2 is 1.07 bits per heavy atom. The molecule has 0 aromatic heterocycles. The standard InChI is InChI=1S/C38H38O2/c1-2-3-4-5-6-7-8-10-15-29-18-20-31-24-35(37(39)26-33(31)22-29)36-25-32-21-19-30(23-34(32)27-38(36)40)17-16-28-13-11-9-12-14-28/h9,11-14,18-27,39-40H,2-8,10,15H2,1H3. The van der Waals surface area contributed by atoms with E-state index in [2.05, 4.69) is 37.0 Å². The van der Waals surface area contributed by atoms with Gasteiger partial charge in [-0.3, -0.25) is 0 Å². The molecular weight excluding hydrogens is 488 g/mol. The lowest BCUT2D eigenvalue weighted by atomic mass is 9.95. The summed E-state index contributed by atoms with van der Waals surface area (Å²) in [5.74, 6) is 6.71. The van der Waals surface area contributed by atoms with Crippen LogP contribution in [0.2, 0.25) is 0 Å². The highest BCUT2D eigenvalue weighted by molar-refractivity contribution is 5.96. The molecule has 5 rings (SSSR count). The van der Waals surface area contributed by atoms with E-state index in [9.17, 15) is 10.2 Å². The zero-order valence-corrected chi connectivity index (χ0v) is 23.4. The third-order valence-corrected chi connectivity index (χ3v) is 7.71. The molecule has 0 saturated carbocycles. The molecule has 0 aliphatic heterocycles. The highest BCUT2D eigenvalue weighted by Crippen LogP contribution is 2.40. The molecule has 0 saturated heterocycles. The van der Waals surface area contributed by atoms with E-state index in [1.54, 1.807) is 6.07 Å². The summed E-state index contributed by atoms with van der Waals surface area (Å²) in [5.41, 5.74) is 4.42. The number of rotatable bonds is 10. The van der Waals surface area contributed by atoms with Gasteiger partial charge in [0.2, 0.25) is 0 Å². The lowest BCUT2D eigenvalue weighted by molar-refractivity contribution is 0.470. The molecule has 0 unspecified atom stereocenters. The summed E-state index contributed by atoms with van der Waals surface area (Å²) >= 11 is 0. The highest BCUT2D eigenvalue weighted by Gasteiger charge is 2.13. The highest BCUT2D eigenvalue weighted by atomic mass is 16.3. The minimum absolute atomic E-state index is 0.140. The van der Waals surface area contributed by atoms with E-state index in [4.69, 9.17) is 0 Å². The van der Waals surface area contributed by atoms with Crippen LogP contribution in [0.15, 0.2) is 91.0 Å². The number of phenols is 2. The maximum atomic E-state index is 11.0. The Balaban J connectivity index is 1.31. The van der Waals surface area contributed by atoms with Crippen LogP contribution >= 0.6 is 0 Å². The van der Waals surface area contributed by atoms with Gasteiger partial charge in [-0.1, -0.05) is 106 Å². The van der Waals surface area contributed by atoms with Crippen LogP contribution in [-0.4, -0.2) is 10.2 Å². The van der Waals surface area contributed by atoms with Gasteiger partial charge in [0, 0.05) is 22.3 Å². The maximum Gasteiger partial charge on any atom is 0.124 e. The van der Waals surface area contributed by atoms with Crippen LogP contribution in [0.4, 0.5) is 0 Å². The van der Waals surface area contributed by atoms with Gasteiger partial charge in [-0.2, -0.15) is 0 Å². The average Bonchev–Trinajstić information content (AvgIpc) is 2.97. The van der Waals surface area contributed by atoms with Gasteiger partial charge >= 0.3 is 0 Å². The van der Waals surface area contributed by atoms with Gasteiger partial charge in [0.1, 0.15) is 11.5 Å². The van der Waals surface area contributed by atoms with Crippen molar-refractivity contribution in [1.29, 1.82) is 0 Å². The Morgan fingerprint density at radius 1 is 0.500 bits per heavy atom. The molecular formula is C38H38O2. The van der Waals surface area contributed by atoms with Crippen molar-refractivity contribution in [3.05, 3.63) is 108 Å². The molecule has 40 heavy (non-hydrogen) atoms. The van der Waals surface area contributed by atoms with Crippen molar-refractivity contribution in [3.63, 3.8) is 0 Å². The van der Waals surface area contributed by atoms with Crippen molar-refractivity contribution >= 4 is 21.5 Å².